The number of aliphatic hydroxyl groups excluding tert-OH is 5. The molecular formula is C50H95O12P. The fourth-order valence-electron chi connectivity index (χ4n) is 7.93. The zero-order chi connectivity index (χ0) is 46.2. The van der Waals surface area contributed by atoms with Gasteiger partial charge in [0.15, 0.2) is 0 Å². The number of carbonyl (C=O) groups is 1. The van der Waals surface area contributed by atoms with E-state index in [0.29, 0.717) is 13.0 Å². The Bertz CT molecular complexity index is 1140. The zero-order valence-electron chi connectivity index (χ0n) is 39.9. The highest BCUT2D eigenvalue weighted by molar-refractivity contribution is 7.47. The minimum atomic E-state index is -5.02. The van der Waals surface area contributed by atoms with Gasteiger partial charge in [-0.15, -0.1) is 0 Å². The van der Waals surface area contributed by atoms with Gasteiger partial charge >= 0.3 is 13.8 Å². The van der Waals surface area contributed by atoms with Crippen LogP contribution in [0.4, 0.5) is 0 Å². The highest BCUT2D eigenvalue weighted by Crippen LogP contribution is 2.47. The van der Waals surface area contributed by atoms with Crippen LogP contribution in [-0.4, -0.2) is 98.9 Å². The summed E-state index contributed by atoms with van der Waals surface area (Å²) < 4.78 is 34.2. The minimum absolute atomic E-state index is 0.0783. The summed E-state index contributed by atoms with van der Waals surface area (Å²) >= 11 is 0. The van der Waals surface area contributed by atoms with Gasteiger partial charge in [0.2, 0.25) is 0 Å². The highest BCUT2D eigenvalue weighted by Gasteiger charge is 2.51. The Hall–Kier alpha value is -1.18. The van der Waals surface area contributed by atoms with Crippen molar-refractivity contribution in [2.24, 2.45) is 0 Å². The standard InChI is InChI=1S/C50H95O12P/c1-3-5-7-9-11-13-15-17-18-19-20-21-22-23-24-25-26-27-29-31-33-35-37-39-44(51)61-43(41-59-40-38-36-34-32-30-28-16-14-12-10-8-6-4-2)42-60-63(57,58)62-50-48(55)46(53)45(52)47(54)49(50)56/h12,14,19-20,43,45-50,52-56H,3-11,13,15-18,21-42H2,1-2H3,(H,57,58)/b14-12-,20-19-. The Labute approximate surface area is 383 Å². The third-order valence-electron chi connectivity index (χ3n) is 12.0. The molecule has 372 valence electrons. The zero-order valence-corrected chi connectivity index (χ0v) is 40.8. The predicted molar refractivity (Wildman–Crippen MR) is 253 cm³/mol. The molecule has 0 radical (unpaired) electrons. The van der Waals surface area contributed by atoms with Crippen molar-refractivity contribution >= 4 is 13.8 Å². The maximum absolute atomic E-state index is 12.8. The first kappa shape index (κ1) is 59.8. The summed E-state index contributed by atoms with van der Waals surface area (Å²) in [5.41, 5.74) is 0. The maximum Gasteiger partial charge on any atom is 0.472 e. The molecule has 0 heterocycles. The van der Waals surface area contributed by atoms with E-state index >= 15 is 0 Å². The van der Waals surface area contributed by atoms with Crippen LogP contribution in [0.3, 0.4) is 0 Å². The van der Waals surface area contributed by atoms with Crippen LogP contribution in [0.1, 0.15) is 226 Å². The monoisotopic (exact) mass is 919 g/mol. The van der Waals surface area contributed by atoms with Crippen LogP contribution in [0, 0.1) is 0 Å². The lowest BCUT2D eigenvalue weighted by molar-refractivity contribution is -0.220. The van der Waals surface area contributed by atoms with Crippen molar-refractivity contribution in [3.63, 3.8) is 0 Å². The lowest BCUT2D eigenvalue weighted by atomic mass is 9.85. The van der Waals surface area contributed by atoms with Gasteiger partial charge in [0.05, 0.1) is 13.2 Å². The third-order valence-corrected chi connectivity index (χ3v) is 13.0. The van der Waals surface area contributed by atoms with Gasteiger partial charge in [0.25, 0.3) is 0 Å². The van der Waals surface area contributed by atoms with Gasteiger partial charge < -0.3 is 39.9 Å². The topological polar surface area (TPSA) is 192 Å². The number of aliphatic hydroxyl groups is 5. The molecule has 6 atom stereocenters. The molecule has 1 aliphatic carbocycles. The molecule has 0 aromatic rings. The molecule has 0 aromatic carbocycles. The molecule has 1 aliphatic rings. The fourth-order valence-corrected chi connectivity index (χ4v) is 8.91. The van der Waals surface area contributed by atoms with Crippen LogP contribution in [0.15, 0.2) is 24.3 Å². The van der Waals surface area contributed by atoms with E-state index in [1.807, 2.05) is 0 Å². The second-order valence-electron chi connectivity index (χ2n) is 18.0. The molecule has 0 saturated heterocycles. The molecule has 0 aliphatic heterocycles. The van der Waals surface area contributed by atoms with E-state index in [1.165, 1.54) is 148 Å². The molecule has 0 amide bonds. The van der Waals surface area contributed by atoms with Crippen LogP contribution in [-0.2, 0) is 27.9 Å². The Morgan fingerprint density at radius 1 is 0.492 bits per heavy atom. The van der Waals surface area contributed by atoms with Gasteiger partial charge in [-0.25, -0.2) is 4.57 Å². The molecule has 6 N–H and O–H groups in total. The van der Waals surface area contributed by atoms with Crippen LogP contribution < -0.4 is 0 Å². The molecule has 63 heavy (non-hydrogen) atoms. The van der Waals surface area contributed by atoms with Crippen LogP contribution >= 0.6 is 7.82 Å². The van der Waals surface area contributed by atoms with E-state index in [4.69, 9.17) is 18.5 Å². The van der Waals surface area contributed by atoms with E-state index < -0.39 is 63.1 Å². The van der Waals surface area contributed by atoms with E-state index in [2.05, 4.69) is 38.2 Å². The van der Waals surface area contributed by atoms with Gasteiger partial charge in [-0.3, -0.25) is 13.8 Å². The predicted octanol–water partition coefficient (Wildman–Crippen LogP) is 11.3. The third kappa shape index (κ3) is 33.0. The smallest absolute Gasteiger partial charge is 0.457 e. The number of rotatable bonds is 44. The number of allylic oxidation sites excluding steroid dienone is 4. The van der Waals surface area contributed by atoms with Crippen molar-refractivity contribution in [3.8, 4) is 0 Å². The van der Waals surface area contributed by atoms with E-state index in [9.17, 15) is 39.8 Å². The van der Waals surface area contributed by atoms with E-state index in [-0.39, 0.29) is 13.0 Å². The number of phosphoric ester groups is 1. The molecule has 13 heteroatoms. The molecule has 1 rings (SSSR count). The molecule has 1 fully saturated rings. The molecule has 0 bridgehead atoms. The summed E-state index contributed by atoms with van der Waals surface area (Å²) in [5.74, 6) is -0.478. The number of hydrogen-bond acceptors (Lipinski definition) is 11. The number of carbonyl (C=O) groups excluding carboxylic acids is 1. The van der Waals surface area contributed by atoms with Crippen molar-refractivity contribution in [2.75, 3.05) is 19.8 Å². The maximum atomic E-state index is 12.8. The SMILES string of the molecule is CCCCC/C=C\CCCCCCCCOCC(COP(=O)(O)OC1C(O)C(O)C(O)C(O)C1O)OC(=O)CCCCCCCCCCCCC/C=C\CCCCCCCCCC. The number of phosphoric acid groups is 1. The van der Waals surface area contributed by atoms with E-state index in [1.54, 1.807) is 0 Å². The van der Waals surface area contributed by atoms with Gasteiger partial charge in [-0.05, 0) is 64.2 Å². The quantitative estimate of drug-likeness (QED) is 0.0147. The second-order valence-corrected chi connectivity index (χ2v) is 19.4. The molecular weight excluding hydrogens is 824 g/mol. The van der Waals surface area contributed by atoms with Crippen molar-refractivity contribution < 1.29 is 58.3 Å². The lowest BCUT2D eigenvalue weighted by Crippen LogP contribution is -2.64. The average molecular weight is 919 g/mol. The number of hydrogen-bond donors (Lipinski definition) is 6. The largest absolute Gasteiger partial charge is 0.472 e. The Morgan fingerprint density at radius 3 is 1.29 bits per heavy atom. The summed E-state index contributed by atoms with van der Waals surface area (Å²) in [6.07, 6.45) is 35.4. The van der Waals surface area contributed by atoms with E-state index in [0.717, 1.165) is 51.4 Å². The molecule has 12 nitrogen and oxygen atoms in total. The van der Waals surface area contributed by atoms with Crippen molar-refractivity contribution in [1.29, 1.82) is 0 Å². The first-order valence-electron chi connectivity index (χ1n) is 25.7. The van der Waals surface area contributed by atoms with Crippen molar-refractivity contribution in [2.45, 2.75) is 268 Å². The van der Waals surface area contributed by atoms with Gasteiger partial charge in [-0.2, -0.15) is 0 Å². The fraction of sp³-hybridized carbons (Fsp3) is 0.900. The second kappa shape index (κ2) is 41.0. The molecule has 6 unspecified atom stereocenters. The number of esters is 1. The Balaban J connectivity index is 2.30. The molecule has 0 aromatic heterocycles. The van der Waals surface area contributed by atoms with Crippen LogP contribution in [0.2, 0.25) is 0 Å². The van der Waals surface area contributed by atoms with Crippen LogP contribution in [0.25, 0.3) is 0 Å². The van der Waals surface area contributed by atoms with Crippen molar-refractivity contribution in [3.05, 3.63) is 24.3 Å². The van der Waals surface area contributed by atoms with Gasteiger partial charge in [0.1, 0.15) is 42.7 Å². The van der Waals surface area contributed by atoms with Crippen molar-refractivity contribution in [1.82, 2.24) is 0 Å². The summed E-state index contributed by atoms with van der Waals surface area (Å²) in [5, 5.41) is 50.2. The molecule has 0 spiro atoms. The highest BCUT2D eigenvalue weighted by atomic mass is 31.2. The Kier molecular flexibility index (Phi) is 39.0. The lowest BCUT2D eigenvalue weighted by Gasteiger charge is -2.41. The first-order valence-corrected chi connectivity index (χ1v) is 27.2. The average Bonchev–Trinajstić information content (AvgIpc) is 3.27. The normalized spacial score (nSPS) is 22.0. The minimum Gasteiger partial charge on any atom is -0.457 e. The van der Waals surface area contributed by atoms with Gasteiger partial charge in [0, 0.05) is 13.0 Å². The summed E-state index contributed by atoms with van der Waals surface area (Å²) in [6.45, 7) is 4.25. The number of ether oxygens (including phenoxy) is 2. The summed E-state index contributed by atoms with van der Waals surface area (Å²) in [4.78, 5) is 23.2. The van der Waals surface area contributed by atoms with Crippen LogP contribution in [0.5, 0.6) is 0 Å². The van der Waals surface area contributed by atoms with Gasteiger partial charge in [-0.1, -0.05) is 179 Å². The summed E-state index contributed by atoms with van der Waals surface area (Å²) in [6, 6.07) is 0. The first-order chi connectivity index (χ1) is 30.5. The Morgan fingerprint density at radius 2 is 0.841 bits per heavy atom. The molecule has 1 saturated carbocycles. The summed E-state index contributed by atoms with van der Waals surface area (Å²) in [7, 11) is -5.02. The number of unbranched alkanes of at least 4 members (excludes halogenated alkanes) is 28.